The fraction of sp³-hybridized carbons (Fsp3) is 0.750. The van der Waals surface area contributed by atoms with E-state index in [9.17, 15) is 9.59 Å². The van der Waals surface area contributed by atoms with Crippen molar-refractivity contribution in [3.05, 3.63) is 5.92 Å². The minimum absolute atomic E-state index is 0.136. The molecule has 0 aliphatic heterocycles. The van der Waals surface area contributed by atoms with Crippen LogP contribution in [0.3, 0.4) is 0 Å². The van der Waals surface area contributed by atoms with Crippen LogP contribution in [0.2, 0.25) is 0 Å². The Morgan fingerprint density at radius 3 is 2.29 bits per heavy atom. The summed E-state index contributed by atoms with van der Waals surface area (Å²) in [6.45, 7) is 0. The Hall–Kier alpha value is -0.660. The zero-order valence-electron chi connectivity index (χ0n) is 8.55. The molecule has 0 heterocycles. The molecule has 14 heavy (non-hydrogen) atoms. The minimum atomic E-state index is -0.142. The summed E-state index contributed by atoms with van der Waals surface area (Å²) in [6.07, 6.45) is 8.29. The van der Waals surface area contributed by atoms with E-state index < -0.39 is 0 Å². The van der Waals surface area contributed by atoms with Crippen LogP contribution in [-0.2, 0) is 9.59 Å². The maximum Gasteiger partial charge on any atom is 0.205 e. The van der Waals surface area contributed by atoms with Crippen molar-refractivity contribution >= 4 is 11.6 Å². The average molecular weight is 193 g/mol. The van der Waals surface area contributed by atoms with Crippen LogP contribution in [0.15, 0.2) is 0 Å². The lowest BCUT2D eigenvalue weighted by Crippen LogP contribution is -2.32. The van der Waals surface area contributed by atoms with E-state index in [0.717, 1.165) is 31.6 Å². The van der Waals surface area contributed by atoms with Crippen molar-refractivity contribution in [2.45, 2.75) is 51.4 Å². The van der Waals surface area contributed by atoms with E-state index >= 15 is 0 Å². The highest BCUT2D eigenvalue weighted by molar-refractivity contribution is 6.42. The maximum absolute atomic E-state index is 11.6. The highest BCUT2D eigenvalue weighted by atomic mass is 16.2. The van der Waals surface area contributed by atoms with Gasteiger partial charge in [-0.05, 0) is 31.6 Å². The van der Waals surface area contributed by atoms with Gasteiger partial charge in [-0.15, -0.1) is 0 Å². The zero-order valence-corrected chi connectivity index (χ0v) is 8.55. The van der Waals surface area contributed by atoms with Crippen LogP contribution in [-0.4, -0.2) is 11.6 Å². The second kappa shape index (κ2) is 4.24. The molecule has 2 rings (SSSR count). The summed E-state index contributed by atoms with van der Waals surface area (Å²) in [5.74, 6) is 1.13. The van der Waals surface area contributed by atoms with Crippen LogP contribution in [0, 0.1) is 11.8 Å². The molecule has 0 amide bonds. The highest BCUT2D eigenvalue weighted by Gasteiger charge is 2.35. The number of hydrogen-bond donors (Lipinski definition) is 0. The van der Waals surface area contributed by atoms with E-state index in [4.69, 9.17) is 0 Å². The molecule has 77 valence electrons. The molecule has 2 fully saturated rings. The lowest BCUT2D eigenvalue weighted by atomic mass is 9.72. The Morgan fingerprint density at radius 2 is 1.57 bits per heavy atom. The molecule has 2 heteroatoms. The molecule has 0 aromatic heterocycles. The first kappa shape index (κ1) is 9.88. The summed E-state index contributed by atoms with van der Waals surface area (Å²) < 4.78 is 0. The van der Waals surface area contributed by atoms with Crippen LogP contribution in [0.1, 0.15) is 51.4 Å². The van der Waals surface area contributed by atoms with Gasteiger partial charge in [0, 0.05) is 6.42 Å². The minimum Gasteiger partial charge on any atom is -0.291 e. The van der Waals surface area contributed by atoms with Gasteiger partial charge in [0.1, 0.15) is 0 Å². The quantitative estimate of drug-likeness (QED) is 0.599. The first-order valence-corrected chi connectivity index (χ1v) is 5.72. The molecular weight excluding hydrogens is 176 g/mol. The third-order valence-electron chi connectivity index (χ3n) is 3.49. The van der Waals surface area contributed by atoms with E-state index in [-0.39, 0.29) is 11.6 Å². The smallest absolute Gasteiger partial charge is 0.205 e. The Bertz CT molecular complexity index is 239. The van der Waals surface area contributed by atoms with Crippen molar-refractivity contribution in [2.75, 3.05) is 0 Å². The molecule has 2 aliphatic carbocycles. The largest absolute Gasteiger partial charge is 0.291 e. The monoisotopic (exact) mass is 193 g/mol. The van der Waals surface area contributed by atoms with Crippen molar-refractivity contribution in [1.82, 2.24) is 0 Å². The number of Topliss-reactive ketones (excluding diaryl/α,β-unsaturated/α-hetero) is 2. The predicted molar refractivity (Wildman–Crippen MR) is 53.7 cm³/mol. The summed E-state index contributed by atoms with van der Waals surface area (Å²) in [5.41, 5.74) is 0. The van der Waals surface area contributed by atoms with Gasteiger partial charge in [-0.3, -0.25) is 9.59 Å². The molecule has 1 radical (unpaired) electrons. The molecule has 2 aliphatic rings. The first-order valence-electron chi connectivity index (χ1n) is 5.72. The molecule has 2 saturated carbocycles. The van der Waals surface area contributed by atoms with Crippen molar-refractivity contribution in [2.24, 2.45) is 5.92 Å². The molecule has 0 spiro atoms. The predicted octanol–water partition coefficient (Wildman–Crippen LogP) is 2.46. The van der Waals surface area contributed by atoms with Gasteiger partial charge in [-0.25, -0.2) is 0 Å². The Morgan fingerprint density at radius 1 is 0.857 bits per heavy atom. The second-order valence-corrected chi connectivity index (χ2v) is 4.47. The average Bonchev–Trinajstić information content (AvgIpc) is 2.23. The molecule has 0 saturated heterocycles. The Balaban J connectivity index is 2.00. The standard InChI is InChI=1S/C12H17O2/c13-11-8-4-7-10(12(11)14)9-5-2-1-3-6-9/h9H,1-8H2. The normalized spacial score (nSPS) is 26.9. The van der Waals surface area contributed by atoms with Gasteiger partial charge in [0.05, 0.1) is 5.92 Å². The van der Waals surface area contributed by atoms with Crippen LogP contribution in [0.25, 0.3) is 0 Å². The molecule has 2 nitrogen and oxygen atoms in total. The fourth-order valence-corrected chi connectivity index (χ4v) is 2.69. The Kier molecular flexibility index (Phi) is 2.99. The summed E-state index contributed by atoms with van der Waals surface area (Å²) >= 11 is 0. The number of rotatable bonds is 1. The van der Waals surface area contributed by atoms with Gasteiger partial charge in [-0.1, -0.05) is 19.3 Å². The molecule has 0 bridgehead atoms. The van der Waals surface area contributed by atoms with E-state index in [1.807, 2.05) is 0 Å². The van der Waals surface area contributed by atoms with E-state index in [2.05, 4.69) is 0 Å². The second-order valence-electron chi connectivity index (χ2n) is 4.47. The zero-order chi connectivity index (χ0) is 9.97. The van der Waals surface area contributed by atoms with Crippen LogP contribution in [0.5, 0.6) is 0 Å². The highest BCUT2D eigenvalue weighted by Crippen LogP contribution is 2.36. The van der Waals surface area contributed by atoms with Gasteiger partial charge in [0.25, 0.3) is 0 Å². The van der Waals surface area contributed by atoms with E-state index in [1.165, 1.54) is 19.3 Å². The number of hydrogen-bond acceptors (Lipinski definition) is 2. The van der Waals surface area contributed by atoms with Crippen molar-refractivity contribution in [3.8, 4) is 0 Å². The van der Waals surface area contributed by atoms with Gasteiger partial charge in [0.15, 0.2) is 5.78 Å². The number of carbonyl (C=O) groups is 2. The van der Waals surface area contributed by atoms with Gasteiger partial charge in [-0.2, -0.15) is 0 Å². The number of carbonyl (C=O) groups excluding carboxylic acids is 2. The lowest BCUT2D eigenvalue weighted by Gasteiger charge is -2.30. The van der Waals surface area contributed by atoms with Gasteiger partial charge in [0.2, 0.25) is 5.78 Å². The molecule has 0 N–H and O–H groups in total. The maximum atomic E-state index is 11.6. The van der Waals surface area contributed by atoms with E-state index in [0.29, 0.717) is 12.3 Å². The fourth-order valence-electron chi connectivity index (χ4n) is 2.69. The summed E-state index contributed by atoms with van der Waals surface area (Å²) in [6, 6.07) is 0. The summed E-state index contributed by atoms with van der Waals surface area (Å²) in [7, 11) is 0. The SMILES string of the molecule is O=C1CCC[C](C2CCCCC2)C1=O. The first-order chi connectivity index (χ1) is 6.79. The Labute approximate surface area is 85.1 Å². The molecule has 0 unspecified atom stereocenters. The van der Waals surface area contributed by atoms with Crippen molar-refractivity contribution < 1.29 is 9.59 Å². The van der Waals surface area contributed by atoms with Gasteiger partial charge >= 0.3 is 0 Å². The molecule has 0 atom stereocenters. The topological polar surface area (TPSA) is 34.1 Å². The molecular formula is C12H17O2. The van der Waals surface area contributed by atoms with Crippen LogP contribution < -0.4 is 0 Å². The third-order valence-corrected chi connectivity index (χ3v) is 3.49. The van der Waals surface area contributed by atoms with Crippen LogP contribution in [0.4, 0.5) is 0 Å². The molecule has 0 aromatic carbocycles. The lowest BCUT2D eigenvalue weighted by molar-refractivity contribution is -0.137. The summed E-state index contributed by atoms with van der Waals surface area (Å²) in [5, 5.41) is 0. The van der Waals surface area contributed by atoms with E-state index in [1.54, 1.807) is 0 Å². The van der Waals surface area contributed by atoms with Crippen molar-refractivity contribution in [1.29, 1.82) is 0 Å². The van der Waals surface area contributed by atoms with Crippen molar-refractivity contribution in [3.63, 3.8) is 0 Å². The number of ketones is 2. The summed E-state index contributed by atoms with van der Waals surface area (Å²) in [4.78, 5) is 22.9. The third kappa shape index (κ3) is 1.89. The van der Waals surface area contributed by atoms with Crippen LogP contribution >= 0.6 is 0 Å². The molecule has 0 aromatic rings. The van der Waals surface area contributed by atoms with Gasteiger partial charge < -0.3 is 0 Å².